The third kappa shape index (κ3) is 5.41. The van der Waals surface area contributed by atoms with Gasteiger partial charge in [0.15, 0.2) is 0 Å². The van der Waals surface area contributed by atoms with E-state index in [0.717, 1.165) is 0 Å². The van der Waals surface area contributed by atoms with Gasteiger partial charge in [0, 0.05) is 31.6 Å². The van der Waals surface area contributed by atoms with Gasteiger partial charge in [-0.05, 0) is 43.3 Å². The number of hydrogen-bond acceptors (Lipinski definition) is 5. The van der Waals surface area contributed by atoms with Crippen molar-refractivity contribution in [1.82, 2.24) is 9.62 Å². The molecule has 0 aliphatic carbocycles. The third-order valence-electron chi connectivity index (χ3n) is 4.22. The van der Waals surface area contributed by atoms with Crippen LogP contribution in [0.25, 0.3) is 0 Å². The van der Waals surface area contributed by atoms with Gasteiger partial charge in [-0.2, -0.15) is 4.31 Å². The van der Waals surface area contributed by atoms with Crippen molar-refractivity contribution in [2.24, 2.45) is 0 Å². The first-order valence-electron chi connectivity index (χ1n) is 8.83. The molecule has 0 radical (unpaired) electrons. The Balaban J connectivity index is 2.01. The Kier molecular flexibility index (Phi) is 6.80. The van der Waals surface area contributed by atoms with E-state index in [9.17, 15) is 18.3 Å². The van der Waals surface area contributed by atoms with E-state index in [1.165, 1.54) is 34.8 Å². The topological polar surface area (TPSA) is 99.9 Å². The third-order valence-corrected chi connectivity index (χ3v) is 6.29. The first kappa shape index (κ1) is 21.1. The number of sulfonamides is 1. The second-order valence-electron chi connectivity index (χ2n) is 6.55. The molecule has 1 aromatic carbocycles. The highest BCUT2D eigenvalue weighted by atomic mass is 32.2. The van der Waals surface area contributed by atoms with Gasteiger partial charge in [0.2, 0.25) is 10.0 Å². The van der Waals surface area contributed by atoms with Gasteiger partial charge in [-0.1, -0.05) is 13.8 Å². The average Bonchev–Trinajstić information content (AvgIpc) is 3.13. The highest BCUT2D eigenvalue weighted by Crippen LogP contribution is 2.17. The van der Waals surface area contributed by atoms with Crippen LogP contribution >= 0.6 is 0 Å². The lowest BCUT2D eigenvalue weighted by Crippen LogP contribution is -2.42. The van der Waals surface area contributed by atoms with Gasteiger partial charge >= 0.3 is 0 Å². The van der Waals surface area contributed by atoms with Crippen LogP contribution in [0.3, 0.4) is 0 Å². The zero-order chi connectivity index (χ0) is 20.1. The van der Waals surface area contributed by atoms with E-state index in [1.807, 2.05) is 0 Å². The fraction of sp³-hybridized carbons (Fsp3) is 0.421. The van der Waals surface area contributed by atoms with Crippen molar-refractivity contribution in [3.8, 4) is 0 Å². The summed E-state index contributed by atoms with van der Waals surface area (Å²) in [5.74, 6) is 0.238. The molecular formula is C19H26N2O5S. The molecule has 148 valence electrons. The van der Waals surface area contributed by atoms with Crippen molar-refractivity contribution in [3.63, 3.8) is 0 Å². The Morgan fingerprint density at radius 3 is 2.33 bits per heavy atom. The van der Waals surface area contributed by atoms with Gasteiger partial charge in [-0.15, -0.1) is 0 Å². The van der Waals surface area contributed by atoms with Crippen LogP contribution in [0.2, 0.25) is 0 Å². The van der Waals surface area contributed by atoms with Gasteiger partial charge in [0.1, 0.15) is 5.76 Å². The van der Waals surface area contributed by atoms with Crippen LogP contribution in [0.1, 0.15) is 36.9 Å². The number of nitrogens with one attached hydrogen (secondary N) is 1. The lowest BCUT2D eigenvalue weighted by atomic mass is 10.0. The largest absolute Gasteiger partial charge is 0.469 e. The van der Waals surface area contributed by atoms with Gasteiger partial charge in [0.05, 0.1) is 16.8 Å². The van der Waals surface area contributed by atoms with Crippen molar-refractivity contribution in [1.29, 1.82) is 0 Å². The summed E-state index contributed by atoms with van der Waals surface area (Å²) in [5, 5.41) is 13.1. The van der Waals surface area contributed by atoms with Crippen LogP contribution < -0.4 is 5.32 Å². The summed E-state index contributed by atoms with van der Waals surface area (Å²) in [5.41, 5.74) is -0.846. The van der Waals surface area contributed by atoms with Crippen molar-refractivity contribution >= 4 is 15.9 Å². The molecule has 2 N–H and O–H groups in total. The van der Waals surface area contributed by atoms with E-state index in [4.69, 9.17) is 4.42 Å². The van der Waals surface area contributed by atoms with Crippen LogP contribution in [-0.2, 0) is 16.4 Å². The predicted molar refractivity (Wildman–Crippen MR) is 102 cm³/mol. The minimum Gasteiger partial charge on any atom is -0.469 e. The number of benzene rings is 1. The molecule has 1 amide bonds. The predicted octanol–water partition coefficient (Wildman–Crippen LogP) is 2.03. The molecule has 0 spiro atoms. The van der Waals surface area contributed by atoms with Crippen LogP contribution in [-0.4, -0.2) is 49.0 Å². The number of carbonyl (C=O) groups excluding carboxylic acids is 1. The number of aliphatic hydroxyl groups is 1. The van der Waals surface area contributed by atoms with E-state index >= 15 is 0 Å². The molecule has 1 aromatic heterocycles. The van der Waals surface area contributed by atoms with Crippen LogP contribution in [0, 0.1) is 0 Å². The van der Waals surface area contributed by atoms with Crippen LogP contribution in [0.5, 0.6) is 0 Å². The number of carbonyl (C=O) groups is 1. The molecule has 27 heavy (non-hydrogen) atoms. The summed E-state index contributed by atoms with van der Waals surface area (Å²) in [6.07, 6.45) is 1.79. The number of rotatable bonds is 9. The maximum absolute atomic E-state index is 12.5. The Morgan fingerprint density at radius 1 is 1.19 bits per heavy atom. The Hall–Kier alpha value is -2.16. The smallest absolute Gasteiger partial charge is 0.251 e. The second-order valence-corrected chi connectivity index (χ2v) is 8.49. The van der Waals surface area contributed by atoms with Gasteiger partial charge in [0.25, 0.3) is 5.91 Å². The molecule has 0 bridgehead atoms. The summed E-state index contributed by atoms with van der Waals surface area (Å²) in [4.78, 5) is 12.4. The minimum atomic E-state index is -3.56. The maximum atomic E-state index is 12.5. The van der Waals surface area contributed by atoms with E-state index in [1.54, 1.807) is 32.9 Å². The Labute approximate surface area is 160 Å². The highest BCUT2D eigenvalue weighted by Gasteiger charge is 2.24. The first-order valence-corrected chi connectivity index (χ1v) is 10.3. The number of hydrogen-bond donors (Lipinski definition) is 2. The van der Waals surface area contributed by atoms with Gasteiger partial charge in [-0.25, -0.2) is 8.42 Å². The highest BCUT2D eigenvalue weighted by molar-refractivity contribution is 7.89. The second kappa shape index (κ2) is 8.69. The Morgan fingerprint density at radius 2 is 1.81 bits per heavy atom. The Bertz CT molecular complexity index is 839. The zero-order valence-corrected chi connectivity index (χ0v) is 16.6. The summed E-state index contributed by atoms with van der Waals surface area (Å²) >= 11 is 0. The molecule has 8 heteroatoms. The molecule has 2 aromatic rings. The summed E-state index contributed by atoms with van der Waals surface area (Å²) in [6, 6.07) is 9.26. The molecule has 0 aliphatic heterocycles. The molecule has 0 aliphatic rings. The quantitative estimate of drug-likeness (QED) is 0.678. The fourth-order valence-corrected chi connectivity index (χ4v) is 4.17. The molecule has 0 saturated heterocycles. The zero-order valence-electron chi connectivity index (χ0n) is 15.8. The molecule has 1 heterocycles. The molecule has 1 unspecified atom stereocenters. The van der Waals surface area contributed by atoms with Crippen molar-refractivity contribution < 1.29 is 22.7 Å². The van der Waals surface area contributed by atoms with Crippen LogP contribution in [0.4, 0.5) is 0 Å². The monoisotopic (exact) mass is 394 g/mol. The van der Waals surface area contributed by atoms with Crippen molar-refractivity contribution in [3.05, 3.63) is 54.0 Å². The standard InChI is InChI=1S/C19H26N2O5S/c1-4-21(5-2)27(24,25)17-10-8-15(9-11-17)18(22)20-14-19(3,23)13-16-7-6-12-26-16/h6-12,23H,4-5,13-14H2,1-3H3,(H,20,22). The molecule has 2 rings (SSSR count). The number of amides is 1. The summed E-state index contributed by atoms with van der Waals surface area (Å²) in [6.45, 7) is 5.95. The molecule has 0 fully saturated rings. The van der Waals surface area contributed by atoms with Gasteiger partial charge in [-0.3, -0.25) is 4.79 Å². The van der Waals surface area contributed by atoms with Crippen molar-refractivity contribution in [2.45, 2.75) is 37.7 Å². The van der Waals surface area contributed by atoms with E-state index in [2.05, 4.69) is 5.32 Å². The lowest BCUT2D eigenvalue weighted by molar-refractivity contribution is 0.0510. The molecular weight excluding hydrogens is 368 g/mol. The van der Waals surface area contributed by atoms with Crippen LogP contribution in [0.15, 0.2) is 52.0 Å². The minimum absolute atomic E-state index is 0.0338. The molecule has 7 nitrogen and oxygen atoms in total. The van der Waals surface area contributed by atoms with Gasteiger partial charge < -0.3 is 14.8 Å². The van der Waals surface area contributed by atoms with E-state index in [0.29, 0.717) is 24.4 Å². The lowest BCUT2D eigenvalue weighted by Gasteiger charge is -2.22. The fourth-order valence-electron chi connectivity index (χ4n) is 2.71. The van der Waals surface area contributed by atoms with E-state index < -0.39 is 15.6 Å². The normalized spacial score (nSPS) is 14.1. The first-order chi connectivity index (χ1) is 12.7. The van der Waals surface area contributed by atoms with E-state index in [-0.39, 0.29) is 23.8 Å². The van der Waals surface area contributed by atoms with Crippen molar-refractivity contribution in [2.75, 3.05) is 19.6 Å². The molecule has 1 atom stereocenters. The summed E-state index contributed by atoms with van der Waals surface area (Å²) < 4.78 is 31.5. The maximum Gasteiger partial charge on any atom is 0.251 e. The number of nitrogens with zero attached hydrogens (tertiary/aromatic N) is 1. The number of furan rings is 1. The average molecular weight is 394 g/mol. The SMILES string of the molecule is CCN(CC)S(=O)(=O)c1ccc(C(=O)NCC(C)(O)Cc2ccco2)cc1. The molecule has 0 saturated carbocycles. The summed E-state index contributed by atoms with van der Waals surface area (Å²) in [7, 11) is -3.56.